The molecular weight excluding hydrogens is 319 g/mol. The van der Waals surface area contributed by atoms with E-state index in [0.717, 1.165) is 11.1 Å². The van der Waals surface area contributed by atoms with Crippen molar-refractivity contribution in [2.45, 2.75) is 5.67 Å². The van der Waals surface area contributed by atoms with Crippen LogP contribution in [0.25, 0.3) is 11.1 Å². The van der Waals surface area contributed by atoms with E-state index < -0.39 is 5.67 Å². The number of nitrogens with zero attached hydrogens (tertiary/aromatic N) is 1. The standard InChI is InChI=1S/C19H17FN4O/c20-19(11-21-12-19)16-3-1-2-14(8-16)18(25)24-17-6-4-13(5-7-17)15-9-22-23-10-15/h1-10,21H,11-12H2,(H,22,23)(H,24,25). The zero-order valence-corrected chi connectivity index (χ0v) is 13.4. The molecule has 1 aliphatic rings. The summed E-state index contributed by atoms with van der Waals surface area (Å²) in [6.07, 6.45) is 3.54. The molecule has 3 aromatic rings. The van der Waals surface area contributed by atoms with E-state index in [1.165, 1.54) is 0 Å². The van der Waals surface area contributed by atoms with Crippen LogP contribution in [-0.4, -0.2) is 29.2 Å². The molecule has 6 heteroatoms. The lowest BCUT2D eigenvalue weighted by molar-refractivity contribution is 0.0889. The molecule has 1 fully saturated rings. The van der Waals surface area contributed by atoms with E-state index in [2.05, 4.69) is 20.8 Å². The van der Waals surface area contributed by atoms with Gasteiger partial charge in [-0.25, -0.2) is 4.39 Å². The number of alkyl halides is 1. The van der Waals surface area contributed by atoms with Crippen molar-refractivity contribution in [3.63, 3.8) is 0 Å². The number of rotatable bonds is 4. The fourth-order valence-corrected chi connectivity index (χ4v) is 2.85. The molecule has 0 unspecified atom stereocenters. The maximum atomic E-state index is 14.5. The van der Waals surface area contributed by atoms with Gasteiger partial charge < -0.3 is 10.6 Å². The van der Waals surface area contributed by atoms with Crippen LogP contribution in [0.5, 0.6) is 0 Å². The molecule has 4 rings (SSSR count). The largest absolute Gasteiger partial charge is 0.322 e. The van der Waals surface area contributed by atoms with Crippen LogP contribution in [0.3, 0.4) is 0 Å². The van der Waals surface area contributed by atoms with Crippen molar-refractivity contribution in [2.24, 2.45) is 0 Å². The molecule has 0 radical (unpaired) electrons. The summed E-state index contributed by atoms with van der Waals surface area (Å²) < 4.78 is 14.5. The third-order valence-corrected chi connectivity index (χ3v) is 4.43. The Labute approximate surface area is 144 Å². The number of aromatic nitrogens is 2. The topological polar surface area (TPSA) is 69.8 Å². The van der Waals surface area contributed by atoms with Gasteiger partial charge in [0.15, 0.2) is 5.67 Å². The van der Waals surface area contributed by atoms with Crippen LogP contribution in [0.2, 0.25) is 0 Å². The third-order valence-electron chi connectivity index (χ3n) is 4.43. The van der Waals surface area contributed by atoms with Gasteiger partial charge in [-0.15, -0.1) is 0 Å². The monoisotopic (exact) mass is 336 g/mol. The fraction of sp³-hybridized carbons (Fsp3) is 0.158. The normalized spacial score (nSPS) is 15.4. The van der Waals surface area contributed by atoms with E-state index in [1.54, 1.807) is 36.7 Å². The van der Waals surface area contributed by atoms with Crippen LogP contribution in [0.15, 0.2) is 60.9 Å². The first kappa shape index (κ1) is 15.5. The molecule has 2 heterocycles. The van der Waals surface area contributed by atoms with E-state index in [9.17, 15) is 9.18 Å². The fourth-order valence-electron chi connectivity index (χ4n) is 2.85. The SMILES string of the molecule is O=C(Nc1ccc(-c2cn[nH]c2)cc1)c1cccc(C2(F)CNC2)c1. The number of anilines is 1. The molecule has 0 bridgehead atoms. The Morgan fingerprint density at radius 1 is 1.12 bits per heavy atom. The van der Waals surface area contributed by atoms with Gasteiger partial charge in [-0.05, 0) is 35.4 Å². The van der Waals surface area contributed by atoms with Crippen LogP contribution in [0, 0.1) is 0 Å². The van der Waals surface area contributed by atoms with Crippen molar-refractivity contribution in [1.82, 2.24) is 15.5 Å². The van der Waals surface area contributed by atoms with Crippen LogP contribution in [-0.2, 0) is 5.67 Å². The van der Waals surface area contributed by atoms with E-state index in [0.29, 0.717) is 16.8 Å². The van der Waals surface area contributed by atoms with Crippen molar-refractivity contribution in [3.05, 3.63) is 72.1 Å². The van der Waals surface area contributed by atoms with Crippen molar-refractivity contribution < 1.29 is 9.18 Å². The number of nitrogens with one attached hydrogen (secondary N) is 3. The van der Waals surface area contributed by atoms with Gasteiger partial charge in [0.1, 0.15) is 0 Å². The van der Waals surface area contributed by atoms with E-state index in [1.807, 2.05) is 24.3 Å². The smallest absolute Gasteiger partial charge is 0.255 e. The number of aromatic amines is 1. The lowest BCUT2D eigenvalue weighted by atomic mass is 9.89. The van der Waals surface area contributed by atoms with Crippen LogP contribution in [0.1, 0.15) is 15.9 Å². The van der Waals surface area contributed by atoms with Crippen LogP contribution >= 0.6 is 0 Å². The highest BCUT2D eigenvalue weighted by atomic mass is 19.1. The molecule has 0 saturated carbocycles. The number of carbonyl (C=O) groups excluding carboxylic acids is 1. The van der Waals surface area contributed by atoms with Gasteiger partial charge in [0.05, 0.1) is 6.20 Å². The van der Waals surface area contributed by atoms with Gasteiger partial charge in [-0.1, -0.05) is 24.3 Å². The van der Waals surface area contributed by atoms with Crippen molar-refractivity contribution in [1.29, 1.82) is 0 Å². The molecule has 3 N–H and O–H groups in total. The van der Waals surface area contributed by atoms with Crippen molar-refractivity contribution >= 4 is 11.6 Å². The number of H-pyrrole nitrogens is 1. The van der Waals surface area contributed by atoms with Crippen LogP contribution < -0.4 is 10.6 Å². The molecule has 0 atom stereocenters. The summed E-state index contributed by atoms with van der Waals surface area (Å²) in [4.78, 5) is 12.4. The summed E-state index contributed by atoms with van der Waals surface area (Å²) in [6.45, 7) is 0.571. The maximum absolute atomic E-state index is 14.5. The number of benzene rings is 2. The Balaban J connectivity index is 1.49. The quantitative estimate of drug-likeness (QED) is 0.686. The average Bonchev–Trinajstić information content (AvgIpc) is 3.15. The number of hydrogen-bond acceptors (Lipinski definition) is 3. The zero-order chi connectivity index (χ0) is 17.3. The molecule has 0 spiro atoms. The first-order valence-corrected chi connectivity index (χ1v) is 8.05. The molecule has 1 aliphatic heterocycles. The Morgan fingerprint density at radius 3 is 2.56 bits per heavy atom. The summed E-state index contributed by atoms with van der Waals surface area (Å²) in [6, 6.07) is 14.2. The molecule has 25 heavy (non-hydrogen) atoms. The van der Waals surface area contributed by atoms with Crippen LogP contribution in [0.4, 0.5) is 10.1 Å². The lowest BCUT2D eigenvalue weighted by Crippen LogP contribution is -2.53. The minimum absolute atomic E-state index is 0.256. The number of hydrogen-bond donors (Lipinski definition) is 3. The summed E-state index contributed by atoms with van der Waals surface area (Å²) >= 11 is 0. The predicted molar refractivity (Wildman–Crippen MR) is 94.1 cm³/mol. The highest BCUT2D eigenvalue weighted by Crippen LogP contribution is 2.30. The zero-order valence-electron chi connectivity index (χ0n) is 13.4. The molecular formula is C19H17FN4O. The van der Waals surface area contributed by atoms with E-state index in [4.69, 9.17) is 0 Å². The van der Waals surface area contributed by atoms with Gasteiger partial charge in [0, 0.05) is 36.1 Å². The Morgan fingerprint density at radius 2 is 1.92 bits per heavy atom. The van der Waals surface area contributed by atoms with Crippen molar-refractivity contribution in [3.8, 4) is 11.1 Å². The first-order valence-electron chi connectivity index (χ1n) is 8.05. The molecule has 1 aromatic heterocycles. The third kappa shape index (κ3) is 3.04. The predicted octanol–water partition coefficient (Wildman–Crippen LogP) is 3.10. The Kier molecular flexibility index (Phi) is 3.82. The highest BCUT2D eigenvalue weighted by molar-refractivity contribution is 6.04. The molecule has 0 aliphatic carbocycles. The molecule has 1 saturated heterocycles. The van der Waals surface area contributed by atoms with Gasteiger partial charge in [0.25, 0.3) is 5.91 Å². The maximum Gasteiger partial charge on any atom is 0.255 e. The Hall–Kier alpha value is -2.99. The second-order valence-corrected chi connectivity index (χ2v) is 6.17. The van der Waals surface area contributed by atoms with Gasteiger partial charge in [0.2, 0.25) is 0 Å². The van der Waals surface area contributed by atoms with Crippen molar-refractivity contribution in [2.75, 3.05) is 18.4 Å². The summed E-state index contributed by atoms with van der Waals surface area (Å²) in [5.74, 6) is -0.256. The average molecular weight is 336 g/mol. The lowest BCUT2D eigenvalue weighted by Gasteiger charge is -2.35. The van der Waals surface area contributed by atoms with Gasteiger partial charge in [-0.2, -0.15) is 5.10 Å². The number of carbonyl (C=O) groups is 1. The second kappa shape index (κ2) is 6.14. The summed E-state index contributed by atoms with van der Waals surface area (Å²) in [7, 11) is 0. The molecule has 2 aromatic carbocycles. The molecule has 5 nitrogen and oxygen atoms in total. The number of amides is 1. The first-order chi connectivity index (χ1) is 12.1. The molecule has 126 valence electrons. The van der Waals surface area contributed by atoms with E-state index >= 15 is 0 Å². The van der Waals surface area contributed by atoms with Gasteiger partial charge in [-0.3, -0.25) is 9.89 Å². The molecule has 1 amide bonds. The summed E-state index contributed by atoms with van der Waals surface area (Å²) in [5, 5.41) is 12.5. The van der Waals surface area contributed by atoms with Gasteiger partial charge >= 0.3 is 0 Å². The minimum Gasteiger partial charge on any atom is -0.322 e. The Bertz CT molecular complexity index is 886. The second-order valence-electron chi connectivity index (χ2n) is 6.17. The van der Waals surface area contributed by atoms with E-state index in [-0.39, 0.29) is 19.0 Å². The summed E-state index contributed by atoms with van der Waals surface area (Å²) in [5.41, 5.74) is 2.28. The minimum atomic E-state index is -1.37. The highest BCUT2D eigenvalue weighted by Gasteiger charge is 2.38. The number of halogens is 1.